The number of rotatable bonds is 8. The molecule has 0 saturated carbocycles. The number of methoxy groups -OCH3 is 1. The van der Waals surface area contributed by atoms with E-state index >= 15 is 0 Å². The Kier molecular flexibility index (Phi) is 7.71. The van der Waals surface area contributed by atoms with Gasteiger partial charge in [-0.05, 0) is 47.0 Å². The Labute approximate surface area is 205 Å². The van der Waals surface area contributed by atoms with E-state index in [-0.39, 0.29) is 11.6 Å². The van der Waals surface area contributed by atoms with Gasteiger partial charge in [-0.15, -0.1) is 0 Å². The van der Waals surface area contributed by atoms with Gasteiger partial charge in [-0.3, -0.25) is 9.59 Å². The van der Waals surface area contributed by atoms with Crippen LogP contribution in [0.3, 0.4) is 0 Å². The van der Waals surface area contributed by atoms with E-state index in [9.17, 15) is 9.59 Å². The average Bonchev–Trinajstić information content (AvgIpc) is 2.93. The van der Waals surface area contributed by atoms with Crippen molar-refractivity contribution in [1.82, 2.24) is 10.6 Å². The second kappa shape index (κ2) is 11.5. The molecule has 4 aromatic carbocycles. The molecule has 0 aliphatic carbocycles. The van der Waals surface area contributed by atoms with Crippen molar-refractivity contribution >= 4 is 17.9 Å². The molecule has 0 fully saturated rings. The lowest BCUT2D eigenvalue weighted by molar-refractivity contribution is -0.118. The van der Waals surface area contributed by atoms with Gasteiger partial charge in [0.2, 0.25) is 0 Å². The molecule has 0 aliphatic heterocycles. The smallest absolute Gasteiger partial charge is 0.268 e. The van der Waals surface area contributed by atoms with E-state index in [4.69, 9.17) is 4.74 Å². The molecule has 0 spiro atoms. The normalized spacial score (nSPS) is 11.1. The lowest BCUT2D eigenvalue weighted by Gasteiger charge is -2.21. The number of amides is 2. The summed E-state index contributed by atoms with van der Waals surface area (Å²) < 4.78 is 5.22. The Bertz CT molecular complexity index is 1250. The summed E-state index contributed by atoms with van der Waals surface area (Å²) >= 11 is 0. The van der Waals surface area contributed by atoms with Crippen LogP contribution in [0.15, 0.2) is 121 Å². The van der Waals surface area contributed by atoms with Crippen molar-refractivity contribution < 1.29 is 14.3 Å². The Balaban J connectivity index is 1.67. The predicted octanol–water partition coefficient (Wildman–Crippen LogP) is 5.37. The number of benzene rings is 4. The van der Waals surface area contributed by atoms with Crippen LogP contribution in [0.2, 0.25) is 0 Å². The minimum atomic E-state index is -0.400. The third-order valence-electron chi connectivity index (χ3n) is 5.50. The molecule has 0 saturated heterocycles. The summed E-state index contributed by atoms with van der Waals surface area (Å²) in [6.45, 7) is 0. The second-order valence-corrected chi connectivity index (χ2v) is 7.88. The average molecular weight is 463 g/mol. The van der Waals surface area contributed by atoms with Crippen molar-refractivity contribution in [3.63, 3.8) is 0 Å². The van der Waals surface area contributed by atoms with Gasteiger partial charge >= 0.3 is 0 Å². The van der Waals surface area contributed by atoms with E-state index < -0.39 is 11.9 Å². The zero-order chi connectivity index (χ0) is 24.5. The maximum atomic E-state index is 13.6. The van der Waals surface area contributed by atoms with Crippen LogP contribution in [0.4, 0.5) is 0 Å². The number of ether oxygens (including phenoxy) is 1. The molecular weight excluding hydrogens is 436 g/mol. The maximum Gasteiger partial charge on any atom is 0.268 e. The van der Waals surface area contributed by atoms with Gasteiger partial charge in [-0.2, -0.15) is 0 Å². The quantitative estimate of drug-likeness (QED) is 0.346. The summed E-state index contributed by atoms with van der Waals surface area (Å²) in [5, 5.41) is 5.90. The number of carbonyl (C=O) groups is 2. The first-order valence-electron chi connectivity index (χ1n) is 11.3. The summed E-state index contributed by atoms with van der Waals surface area (Å²) in [5.41, 5.74) is 3.22. The van der Waals surface area contributed by atoms with Crippen molar-refractivity contribution in [3.8, 4) is 5.75 Å². The van der Waals surface area contributed by atoms with Crippen LogP contribution in [0.5, 0.6) is 5.75 Å². The van der Waals surface area contributed by atoms with Crippen LogP contribution in [-0.4, -0.2) is 18.9 Å². The molecule has 0 unspecified atom stereocenters. The summed E-state index contributed by atoms with van der Waals surface area (Å²) in [5.74, 6) is -0.0611. The highest BCUT2D eigenvalue weighted by molar-refractivity contribution is 6.05. The third kappa shape index (κ3) is 6.24. The van der Waals surface area contributed by atoms with Crippen molar-refractivity contribution in [2.24, 2.45) is 0 Å². The zero-order valence-corrected chi connectivity index (χ0v) is 19.3. The highest BCUT2D eigenvalue weighted by atomic mass is 16.5. The first-order valence-corrected chi connectivity index (χ1v) is 11.3. The number of hydrogen-bond donors (Lipinski definition) is 2. The van der Waals surface area contributed by atoms with Crippen LogP contribution in [0, 0.1) is 0 Å². The van der Waals surface area contributed by atoms with E-state index in [0.717, 1.165) is 16.7 Å². The molecule has 35 heavy (non-hydrogen) atoms. The van der Waals surface area contributed by atoms with Crippen LogP contribution < -0.4 is 15.4 Å². The highest BCUT2D eigenvalue weighted by Crippen LogP contribution is 2.22. The van der Waals surface area contributed by atoms with Crippen LogP contribution in [0.1, 0.15) is 33.1 Å². The molecule has 2 amide bonds. The molecule has 0 heterocycles. The Morgan fingerprint density at radius 2 is 1.23 bits per heavy atom. The fraction of sp³-hybridized carbons (Fsp3) is 0.0667. The van der Waals surface area contributed by atoms with Crippen LogP contribution >= 0.6 is 0 Å². The van der Waals surface area contributed by atoms with Gasteiger partial charge in [0.25, 0.3) is 11.8 Å². The van der Waals surface area contributed by atoms with Gasteiger partial charge in [0, 0.05) is 5.56 Å². The van der Waals surface area contributed by atoms with Gasteiger partial charge in [0.05, 0.1) is 13.2 Å². The third-order valence-corrected chi connectivity index (χ3v) is 5.50. The molecule has 174 valence electrons. The second-order valence-electron chi connectivity index (χ2n) is 7.88. The van der Waals surface area contributed by atoms with Crippen molar-refractivity contribution in [2.75, 3.05) is 7.11 Å². The molecule has 0 bridgehead atoms. The molecule has 0 atom stereocenters. The fourth-order valence-electron chi connectivity index (χ4n) is 3.67. The largest absolute Gasteiger partial charge is 0.497 e. The lowest BCUT2D eigenvalue weighted by atomic mass is 9.98. The Morgan fingerprint density at radius 1 is 0.714 bits per heavy atom. The highest BCUT2D eigenvalue weighted by Gasteiger charge is 2.21. The van der Waals surface area contributed by atoms with Gasteiger partial charge in [-0.1, -0.05) is 91.0 Å². The van der Waals surface area contributed by atoms with E-state index in [1.807, 2.05) is 78.9 Å². The number of hydrogen-bond acceptors (Lipinski definition) is 3. The monoisotopic (exact) mass is 462 g/mol. The van der Waals surface area contributed by atoms with Gasteiger partial charge in [0.1, 0.15) is 11.4 Å². The first-order chi connectivity index (χ1) is 17.1. The zero-order valence-electron chi connectivity index (χ0n) is 19.3. The van der Waals surface area contributed by atoms with Crippen molar-refractivity contribution in [1.29, 1.82) is 0 Å². The first kappa shape index (κ1) is 23.5. The minimum Gasteiger partial charge on any atom is -0.497 e. The maximum absolute atomic E-state index is 13.6. The lowest BCUT2D eigenvalue weighted by Crippen LogP contribution is -2.37. The molecule has 4 rings (SSSR count). The van der Waals surface area contributed by atoms with Gasteiger partial charge in [-0.25, -0.2) is 0 Å². The number of carbonyl (C=O) groups excluding carboxylic acids is 2. The molecule has 2 N–H and O–H groups in total. The molecular formula is C30H26N2O3. The molecule has 4 aromatic rings. The topological polar surface area (TPSA) is 67.4 Å². The van der Waals surface area contributed by atoms with Crippen LogP contribution in [0.25, 0.3) is 6.08 Å². The minimum absolute atomic E-state index is 0.140. The Hall–Kier alpha value is -4.64. The van der Waals surface area contributed by atoms with E-state index in [1.54, 1.807) is 49.6 Å². The van der Waals surface area contributed by atoms with E-state index in [2.05, 4.69) is 10.6 Å². The summed E-state index contributed by atoms with van der Waals surface area (Å²) in [4.78, 5) is 26.5. The van der Waals surface area contributed by atoms with Gasteiger partial charge in [0.15, 0.2) is 0 Å². The molecule has 5 nitrogen and oxygen atoms in total. The van der Waals surface area contributed by atoms with Crippen molar-refractivity contribution in [2.45, 2.75) is 6.04 Å². The molecule has 0 aromatic heterocycles. The SMILES string of the molecule is COc1ccc(C=C(NC(=O)c2ccccc2)C(=O)NC(c2ccccc2)c2ccccc2)cc1. The fourth-order valence-corrected chi connectivity index (χ4v) is 3.67. The molecule has 0 aliphatic rings. The standard InChI is InChI=1S/C30H26N2O3/c1-35-26-19-17-22(18-20-26)21-27(31-29(33)25-15-9-4-10-16-25)30(34)32-28(23-11-5-2-6-12-23)24-13-7-3-8-14-24/h2-21,28H,1H3,(H,31,33)(H,32,34). The van der Waals surface area contributed by atoms with Gasteiger partial charge < -0.3 is 15.4 Å². The number of nitrogens with one attached hydrogen (secondary N) is 2. The summed E-state index contributed by atoms with van der Waals surface area (Å²) in [6, 6.07) is 35.1. The molecule has 5 heteroatoms. The van der Waals surface area contributed by atoms with Crippen LogP contribution in [-0.2, 0) is 4.79 Å². The predicted molar refractivity (Wildman–Crippen MR) is 138 cm³/mol. The van der Waals surface area contributed by atoms with E-state index in [0.29, 0.717) is 11.3 Å². The summed E-state index contributed by atoms with van der Waals surface area (Å²) in [7, 11) is 1.59. The van der Waals surface area contributed by atoms with Crippen molar-refractivity contribution in [3.05, 3.63) is 143 Å². The van der Waals surface area contributed by atoms with E-state index in [1.165, 1.54) is 0 Å². The summed E-state index contributed by atoms with van der Waals surface area (Å²) in [6.07, 6.45) is 1.66. The Morgan fingerprint density at radius 3 is 1.74 bits per heavy atom. The molecule has 0 radical (unpaired) electrons.